The third-order valence-electron chi connectivity index (χ3n) is 2.22. The zero-order valence-corrected chi connectivity index (χ0v) is 5.00. The molecule has 9 heavy (non-hydrogen) atoms. The van der Waals surface area contributed by atoms with Gasteiger partial charge in [-0.15, -0.1) is 0 Å². The van der Waals surface area contributed by atoms with E-state index >= 15 is 0 Å². The summed E-state index contributed by atoms with van der Waals surface area (Å²) in [5.74, 6) is 0.851. The number of aliphatic hydroxyl groups is 1. The minimum absolute atomic E-state index is 0.0718. The average molecular weight is 127 g/mol. The monoisotopic (exact) mass is 127 g/mol. The van der Waals surface area contributed by atoms with E-state index in [4.69, 9.17) is 5.11 Å². The van der Waals surface area contributed by atoms with Crippen molar-refractivity contribution < 1.29 is 9.90 Å². The highest BCUT2D eigenvalue weighted by molar-refractivity contribution is 5.85. The van der Waals surface area contributed by atoms with Crippen LogP contribution in [0.25, 0.3) is 0 Å². The number of hydrogen-bond donors (Lipinski definition) is 2. The normalized spacial score (nSPS) is 46.3. The Morgan fingerprint density at radius 1 is 1.78 bits per heavy atom. The van der Waals surface area contributed by atoms with Gasteiger partial charge in [0.25, 0.3) is 0 Å². The number of amides is 1. The first-order valence-electron chi connectivity index (χ1n) is 3.24. The minimum atomic E-state index is 0.0718. The number of carbonyl (C=O) groups is 1. The van der Waals surface area contributed by atoms with Crippen molar-refractivity contribution >= 4 is 5.91 Å². The molecule has 1 heterocycles. The standard InChI is InChI=1S/C6H9NO2/c8-2-5-3-1-4(3)6(9)7-5/h3-5,8H,1-2H2,(H,7,9). The van der Waals surface area contributed by atoms with Crippen LogP contribution >= 0.6 is 0 Å². The summed E-state index contributed by atoms with van der Waals surface area (Å²) < 4.78 is 0. The third kappa shape index (κ3) is 0.580. The van der Waals surface area contributed by atoms with E-state index in [2.05, 4.69) is 5.32 Å². The summed E-state index contributed by atoms with van der Waals surface area (Å²) in [5.41, 5.74) is 0. The van der Waals surface area contributed by atoms with Gasteiger partial charge in [0.2, 0.25) is 5.91 Å². The Kier molecular flexibility index (Phi) is 0.858. The molecule has 50 valence electrons. The largest absolute Gasteiger partial charge is 0.394 e. The molecule has 1 saturated carbocycles. The van der Waals surface area contributed by atoms with Crippen LogP contribution in [0.1, 0.15) is 6.42 Å². The maximum absolute atomic E-state index is 10.8. The van der Waals surface area contributed by atoms with Crippen molar-refractivity contribution in [3.63, 3.8) is 0 Å². The zero-order chi connectivity index (χ0) is 6.43. The van der Waals surface area contributed by atoms with Crippen LogP contribution in [0.4, 0.5) is 0 Å². The Morgan fingerprint density at radius 2 is 2.56 bits per heavy atom. The predicted octanol–water partition coefficient (Wildman–Crippen LogP) is -0.887. The molecular formula is C6H9NO2. The molecule has 0 aromatic carbocycles. The van der Waals surface area contributed by atoms with Crippen molar-refractivity contribution in [2.75, 3.05) is 6.61 Å². The minimum Gasteiger partial charge on any atom is -0.394 e. The van der Waals surface area contributed by atoms with E-state index in [1.165, 1.54) is 0 Å². The van der Waals surface area contributed by atoms with Crippen molar-refractivity contribution in [1.82, 2.24) is 5.32 Å². The van der Waals surface area contributed by atoms with Gasteiger partial charge in [-0.05, 0) is 12.3 Å². The van der Waals surface area contributed by atoms with Crippen LogP contribution in [-0.4, -0.2) is 23.7 Å². The van der Waals surface area contributed by atoms with Gasteiger partial charge < -0.3 is 10.4 Å². The summed E-state index contributed by atoms with van der Waals surface area (Å²) in [5, 5.41) is 11.4. The molecule has 1 aliphatic carbocycles. The molecule has 2 N–H and O–H groups in total. The van der Waals surface area contributed by atoms with Crippen LogP contribution in [0.3, 0.4) is 0 Å². The molecule has 1 aliphatic heterocycles. The van der Waals surface area contributed by atoms with Gasteiger partial charge in [0, 0.05) is 5.92 Å². The maximum Gasteiger partial charge on any atom is 0.223 e. The van der Waals surface area contributed by atoms with Crippen LogP contribution in [0.2, 0.25) is 0 Å². The first kappa shape index (κ1) is 5.23. The molecule has 3 unspecified atom stereocenters. The molecule has 2 rings (SSSR count). The van der Waals surface area contributed by atoms with Gasteiger partial charge in [0.1, 0.15) is 0 Å². The molecule has 2 fully saturated rings. The summed E-state index contributed by atoms with van der Waals surface area (Å²) >= 11 is 0. The van der Waals surface area contributed by atoms with Crippen molar-refractivity contribution in [2.24, 2.45) is 11.8 Å². The smallest absolute Gasteiger partial charge is 0.223 e. The molecule has 1 saturated heterocycles. The Balaban J connectivity index is 2.08. The Labute approximate surface area is 53.1 Å². The number of fused-ring (bicyclic) bond motifs is 1. The van der Waals surface area contributed by atoms with E-state index in [9.17, 15) is 4.79 Å². The van der Waals surface area contributed by atoms with E-state index in [0.29, 0.717) is 5.92 Å². The maximum atomic E-state index is 10.8. The second kappa shape index (κ2) is 1.48. The van der Waals surface area contributed by atoms with Gasteiger partial charge in [-0.2, -0.15) is 0 Å². The quantitative estimate of drug-likeness (QED) is 0.480. The molecular weight excluding hydrogens is 118 g/mol. The van der Waals surface area contributed by atoms with E-state index in [1.807, 2.05) is 0 Å². The van der Waals surface area contributed by atoms with Crippen LogP contribution in [0.5, 0.6) is 0 Å². The highest BCUT2D eigenvalue weighted by Crippen LogP contribution is 2.45. The first-order chi connectivity index (χ1) is 4.33. The summed E-state index contributed by atoms with van der Waals surface area (Å²) in [6.45, 7) is 0.104. The van der Waals surface area contributed by atoms with Gasteiger partial charge in [-0.1, -0.05) is 0 Å². The predicted molar refractivity (Wildman–Crippen MR) is 30.6 cm³/mol. The summed E-state index contributed by atoms with van der Waals surface area (Å²) in [6, 6.07) is 0.0718. The van der Waals surface area contributed by atoms with E-state index in [1.54, 1.807) is 0 Å². The lowest BCUT2D eigenvalue weighted by molar-refractivity contribution is -0.121. The van der Waals surface area contributed by atoms with Crippen LogP contribution < -0.4 is 5.32 Å². The van der Waals surface area contributed by atoms with Crippen LogP contribution in [0, 0.1) is 11.8 Å². The van der Waals surface area contributed by atoms with E-state index in [0.717, 1.165) is 6.42 Å². The zero-order valence-electron chi connectivity index (χ0n) is 5.00. The molecule has 3 heteroatoms. The number of hydrogen-bond acceptors (Lipinski definition) is 2. The highest BCUT2D eigenvalue weighted by atomic mass is 16.3. The fraction of sp³-hybridized carbons (Fsp3) is 0.833. The number of nitrogens with one attached hydrogen (secondary N) is 1. The highest BCUT2D eigenvalue weighted by Gasteiger charge is 2.53. The third-order valence-corrected chi connectivity index (χ3v) is 2.22. The van der Waals surface area contributed by atoms with Crippen molar-refractivity contribution in [1.29, 1.82) is 0 Å². The second-order valence-electron chi connectivity index (χ2n) is 2.80. The van der Waals surface area contributed by atoms with E-state index < -0.39 is 0 Å². The molecule has 3 nitrogen and oxygen atoms in total. The Hall–Kier alpha value is -0.570. The van der Waals surface area contributed by atoms with E-state index in [-0.39, 0.29) is 24.5 Å². The number of rotatable bonds is 1. The lowest BCUT2D eigenvalue weighted by Crippen LogP contribution is -2.32. The molecule has 0 aromatic heterocycles. The van der Waals surface area contributed by atoms with Crippen LogP contribution in [-0.2, 0) is 4.79 Å². The average Bonchev–Trinajstić information content (AvgIpc) is 2.56. The molecule has 1 amide bonds. The molecule has 0 spiro atoms. The fourth-order valence-corrected chi connectivity index (χ4v) is 1.54. The topological polar surface area (TPSA) is 49.3 Å². The van der Waals surface area contributed by atoms with Crippen molar-refractivity contribution in [2.45, 2.75) is 12.5 Å². The molecule has 0 radical (unpaired) electrons. The summed E-state index contributed by atoms with van der Waals surface area (Å²) in [7, 11) is 0. The number of aliphatic hydroxyl groups excluding tert-OH is 1. The number of carbonyl (C=O) groups excluding carboxylic acids is 1. The molecule has 0 aromatic rings. The van der Waals surface area contributed by atoms with Crippen molar-refractivity contribution in [3.05, 3.63) is 0 Å². The summed E-state index contributed by atoms with van der Waals surface area (Å²) in [6.07, 6.45) is 0.997. The van der Waals surface area contributed by atoms with Gasteiger partial charge in [-0.3, -0.25) is 4.79 Å². The molecule has 0 bridgehead atoms. The van der Waals surface area contributed by atoms with Gasteiger partial charge in [0.05, 0.1) is 12.6 Å². The summed E-state index contributed by atoms with van der Waals surface area (Å²) in [4.78, 5) is 10.8. The first-order valence-corrected chi connectivity index (χ1v) is 3.24. The lowest BCUT2D eigenvalue weighted by atomic mass is 10.2. The van der Waals surface area contributed by atoms with Gasteiger partial charge in [0.15, 0.2) is 0 Å². The lowest BCUT2D eigenvalue weighted by Gasteiger charge is -2.07. The fourth-order valence-electron chi connectivity index (χ4n) is 1.54. The Morgan fingerprint density at radius 3 is 2.78 bits per heavy atom. The van der Waals surface area contributed by atoms with Crippen molar-refractivity contribution in [3.8, 4) is 0 Å². The second-order valence-corrected chi connectivity index (χ2v) is 2.80. The number of piperidine rings is 1. The van der Waals surface area contributed by atoms with Crippen LogP contribution in [0.15, 0.2) is 0 Å². The molecule has 3 atom stereocenters. The SMILES string of the molecule is O=C1NC(CO)C2CC12. The van der Waals surface area contributed by atoms with Gasteiger partial charge in [-0.25, -0.2) is 0 Å². The Bertz CT molecular complexity index is 157. The van der Waals surface area contributed by atoms with Gasteiger partial charge >= 0.3 is 0 Å². The molecule has 2 aliphatic rings.